The SMILES string of the molecule is CN(Cc1cccc(Cl)c1)Cc1cccc2c1CCCN2. The molecule has 0 radical (unpaired) electrons. The Hall–Kier alpha value is -1.51. The lowest BCUT2D eigenvalue weighted by Gasteiger charge is -2.24. The van der Waals surface area contributed by atoms with E-state index in [1.54, 1.807) is 0 Å². The largest absolute Gasteiger partial charge is 0.385 e. The first-order valence-corrected chi connectivity index (χ1v) is 7.88. The van der Waals surface area contributed by atoms with Crippen molar-refractivity contribution in [1.29, 1.82) is 0 Å². The average Bonchev–Trinajstić information content (AvgIpc) is 2.47. The Balaban J connectivity index is 1.71. The summed E-state index contributed by atoms with van der Waals surface area (Å²) in [5, 5.41) is 4.31. The minimum absolute atomic E-state index is 0.808. The minimum Gasteiger partial charge on any atom is -0.385 e. The molecule has 0 spiro atoms. The van der Waals surface area contributed by atoms with Crippen LogP contribution in [0.15, 0.2) is 42.5 Å². The van der Waals surface area contributed by atoms with Crippen molar-refractivity contribution in [3.63, 3.8) is 0 Å². The Kier molecular flexibility index (Phi) is 4.47. The number of benzene rings is 2. The Labute approximate surface area is 131 Å². The predicted octanol–water partition coefficient (Wildman–Crippen LogP) is 4.33. The highest BCUT2D eigenvalue weighted by Gasteiger charge is 2.13. The van der Waals surface area contributed by atoms with Gasteiger partial charge >= 0.3 is 0 Å². The van der Waals surface area contributed by atoms with E-state index in [0.29, 0.717) is 0 Å². The third-order valence-corrected chi connectivity index (χ3v) is 4.21. The first-order valence-electron chi connectivity index (χ1n) is 7.50. The van der Waals surface area contributed by atoms with Crippen LogP contribution in [-0.4, -0.2) is 18.5 Å². The van der Waals surface area contributed by atoms with Gasteiger partial charge in [-0.3, -0.25) is 4.90 Å². The van der Waals surface area contributed by atoms with Gasteiger partial charge in [-0.05, 0) is 54.8 Å². The second-order valence-electron chi connectivity index (χ2n) is 5.78. The summed E-state index contributed by atoms with van der Waals surface area (Å²) >= 11 is 6.06. The van der Waals surface area contributed by atoms with Crippen molar-refractivity contribution < 1.29 is 0 Å². The van der Waals surface area contributed by atoms with Crippen LogP contribution in [0.1, 0.15) is 23.1 Å². The fourth-order valence-electron chi connectivity index (χ4n) is 3.03. The fourth-order valence-corrected chi connectivity index (χ4v) is 3.24. The third-order valence-electron chi connectivity index (χ3n) is 3.97. The van der Waals surface area contributed by atoms with Gasteiger partial charge in [0.1, 0.15) is 0 Å². The van der Waals surface area contributed by atoms with Crippen LogP contribution >= 0.6 is 11.6 Å². The number of anilines is 1. The summed E-state index contributed by atoms with van der Waals surface area (Å²) in [7, 11) is 2.16. The molecule has 110 valence electrons. The maximum atomic E-state index is 6.06. The van der Waals surface area contributed by atoms with Gasteiger partial charge in [-0.1, -0.05) is 35.9 Å². The zero-order valence-corrected chi connectivity index (χ0v) is 13.2. The van der Waals surface area contributed by atoms with E-state index in [1.807, 2.05) is 18.2 Å². The van der Waals surface area contributed by atoms with E-state index in [4.69, 9.17) is 11.6 Å². The Morgan fingerprint density at radius 1 is 1.14 bits per heavy atom. The first kappa shape index (κ1) is 14.4. The van der Waals surface area contributed by atoms with E-state index in [0.717, 1.165) is 24.7 Å². The normalized spacial score (nSPS) is 13.9. The summed E-state index contributed by atoms with van der Waals surface area (Å²) in [6, 6.07) is 14.7. The van der Waals surface area contributed by atoms with Crippen molar-refractivity contribution in [2.75, 3.05) is 18.9 Å². The van der Waals surface area contributed by atoms with Gasteiger partial charge in [0.15, 0.2) is 0 Å². The molecule has 0 aromatic heterocycles. The number of nitrogens with one attached hydrogen (secondary N) is 1. The lowest BCUT2D eigenvalue weighted by molar-refractivity contribution is 0.318. The second-order valence-corrected chi connectivity index (χ2v) is 6.21. The van der Waals surface area contributed by atoms with Gasteiger partial charge in [0.25, 0.3) is 0 Å². The van der Waals surface area contributed by atoms with Crippen LogP contribution < -0.4 is 5.32 Å². The van der Waals surface area contributed by atoms with Crippen LogP contribution in [0, 0.1) is 0 Å². The molecule has 0 aliphatic carbocycles. The van der Waals surface area contributed by atoms with Crippen LogP contribution in [0.3, 0.4) is 0 Å². The highest BCUT2D eigenvalue weighted by atomic mass is 35.5. The molecule has 0 atom stereocenters. The molecule has 1 aliphatic heterocycles. The van der Waals surface area contributed by atoms with Gasteiger partial charge in [0, 0.05) is 30.3 Å². The van der Waals surface area contributed by atoms with Crippen LogP contribution in [0.2, 0.25) is 5.02 Å². The van der Waals surface area contributed by atoms with Crippen LogP contribution in [0.25, 0.3) is 0 Å². The van der Waals surface area contributed by atoms with Gasteiger partial charge < -0.3 is 5.32 Å². The number of halogens is 1. The monoisotopic (exact) mass is 300 g/mol. The van der Waals surface area contributed by atoms with Crippen molar-refractivity contribution in [1.82, 2.24) is 4.90 Å². The highest BCUT2D eigenvalue weighted by Crippen LogP contribution is 2.26. The zero-order valence-electron chi connectivity index (χ0n) is 12.4. The summed E-state index contributed by atoms with van der Waals surface area (Å²) in [6.45, 7) is 2.98. The fraction of sp³-hybridized carbons (Fsp3) is 0.333. The van der Waals surface area contributed by atoms with Crippen LogP contribution in [0.5, 0.6) is 0 Å². The summed E-state index contributed by atoms with van der Waals surface area (Å²) in [5.74, 6) is 0. The summed E-state index contributed by atoms with van der Waals surface area (Å²) in [4.78, 5) is 2.34. The molecule has 3 rings (SSSR count). The standard InChI is InChI=1S/C18H21ClN2/c1-21(12-14-5-2-7-16(19)11-14)13-15-6-3-9-18-17(15)8-4-10-20-18/h2-3,5-7,9,11,20H,4,8,10,12-13H2,1H3. The molecule has 0 amide bonds. The quantitative estimate of drug-likeness (QED) is 0.904. The molecule has 0 unspecified atom stereocenters. The smallest absolute Gasteiger partial charge is 0.0409 e. The lowest BCUT2D eigenvalue weighted by Crippen LogP contribution is -2.20. The van der Waals surface area contributed by atoms with E-state index in [1.165, 1.54) is 35.2 Å². The lowest BCUT2D eigenvalue weighted by atomic mass is 9.97. The summed E-state index contributed by atoms with van der Waals surface area (Å²) in [5.41, 5.74) is 5.49. The number of rotatable bonds is 4. The van der Waals surface area contributed by atoms with Gasteiger partial charge in [0.05, 0.1) is 0 Å². The van der Waals surface area contributed by atoms with Crippen molar-refractivity contribution in [3.05, 3.63) is 64.2 Å². The number of fused-ring (bicyclic) bond motifs is 1. The molecule has 3 heteroatoms. The molecule has 0 fully saturated rings. The van der Waals surface area contributed by atoms with Crippen molar-refractivity contribution in [2.24, 2.45) is 0 Å². The number of hydrogen-bond donors (Lipinski definition) is 1. The molecule has 2 aromatic carbocycles. The van der Waals surface area contributed by atoms with E-state index < -0.39 is 0 Å². The molecule has 21 heavy (non-hydrogen) atoms. The summed E-state index contributed by atoms with van der Waals surface area (Å²) in [6.07, 6.45) is 2.41. The van der Waals surface area contributed by atoms with Gasteiger partial charge in [-0.25, -0.2) is 0 Å². The number of hydrogen-bond acceptors (Lipinski definition) is 2. The Morgan fingerprint density at radius 3 is 2.86 bits per heavy atom. The molecular formula is C18H21ClN2. The topological polar surface area (TPSA) is 15.3 Å². The molecule has 0 saturated heterocycles. The molecule has 1 heterocycles. The molecule has 1 aliphatic rings. The van der Waals surface area contributed by atoms with Crippen LogP contribution in [-0.2, 0) is 19.5 Å². The Bertz CT molecular complexity index is 624. The number of nitrogens with zero attached hydrogens (tertiary/aromatic N) is 1. The molecule has 2 aromatic rings. The summed E-state index contributed by atoms with van der Waals surface area (Å²) < 4.78 is 0. The van der Waals surface area contributed by atoms with Gasteiger partial charge in [-0.2, -0.15) is 0 Å². The average molecular weight is 301 g/mol. The first-order chi connectivity index (χ1) is 10.2. The predicted molar refractivity (Wildman–Crippen MR) is 89.9 cm³/mol. The third kappa shape index (κ3) is 3.58. The molecule has 1 N–H and O–H groups in total. The van der Waals surface area contributed by atoms with Crippen molar-refractivity contribution in [2.45, 2.75) is 25.9 Å². The van der Waals surface area contributed by atoms with Crippen LogP contribution in [0.4, 0.5) is 5.69 Å². The molecular weight excluding hydrogens is 280 g/mol. The molecule has 0 bridgehead atoms. The highest BCUT2D eigenvalue weighted by molar-refractivity contribution is 6.30. The van der Waals surface area contributed by atoms with Crippen molar-refractivity contribution in [3.8, 4) is 0 Å². The maximum absolute atomic E-state index is 6.06. The van der Waals surface area contributed by atoms with E-state index in [9.17, 15) is 0 Å². The van der Waals surface area contributed by atoms with Crippen molar-refractivity contribution >= 4 is 17.3 Å². The second kappa shape index (κ2) is 6.50. The van der Waals surface area contributed by atoms with E-state index in [-0.39, 0.29) is 0 Å². The molecule has 2 nitrogen and oxygen atoms in total. The zero-order chi connectivity index (χ0) is 14.7. The van der Waals surface area contributed by atoms with E-state index in [2.05, 4.69) is 41.5 Å². The van der Waals surface area contributed by atoms with E-state index >= 15 is 0 Å². The van der Waals surface area contributed by atoms with Gasteiger partial charge in [-0.15, -0.1) is 0 Å². The minimum atomic E-state index is 0.808. The molecule has 0 saturated carbocycles. The maximum Gasteiger partial charge on any atom is 0.0409 e. The Morgan fingerprint density at radius 2 is 2.00 bits per heavy atom. The van der Waals surface area contributed by atoms with Gasteiger partial charge in [0.2, 0.25) is 0 Å².